The maximum Gasteiger partial charge on any atom is 0.340 e. The van der Waals surface area contributed by atoms with Crippen molar-refractivity contribution >= 4 is 44.5 Å². The second kappa shape index (κ2) is 8.15. The number of benzene rings is 2. The van der Waals surface area contributed by atoms with Gasteiger partial charge in [-0.1, -0.05) is 45.7 Å². The molecule has 0 saturated heterocycles. The average Bonchev–Trinajstić information content (AvgIpc) is 2.65. The van der Waals surface area contributed by atoms with Gasteiger partial charge in [0, 0.05) is 21.5 Å². The zero-order valence-corrected chi connectivity index (χ0v) is 17.0. The van der Waals surface area contributed by atoms with E-state index in [0.29, 0.717) is 33.9 Å². The van der Waals surface area contributed by atoms with Crippen LogP contribution in [0.1, 0.15) is 16.7 Å². The Morgan fingerprint density at radius 3 is 2.70 bits per heavy atom. The summed E-state index contributed by atoms with van der Waals surface area (Å²) in [7, 11) is 1.27. The Balaban J connectivity index is 1.97. The van der Waals surface area contributed by atoms with Crippen LogP contribution in [0.15, 0.2) is 50.1 Å². The fraction of sp³-hybridized carbons (Fsp3) is 0.200. The van der Waals surface area contributed by atoms with Crippen molar-refractivity contribution in [2.75, 3.05) is 7.11 Å². The van der Waals surface area contributed by atoms with Crippen molar-refractivity contribution in [1.82, 2.24) is 0 Å². The van der Waals surface area contributed by atoms with Crippen LogP contribution >= 0.6 is 27.5 Å². The molecule has 0 saturated carbocycles. The van der Waals surface area contributed by atoms with Crippen molar-refractivity contribution in [1.29, 1.82) is 0 Å². The molecule has 0 aliphatic heterocycles. The lowest BCUT2D eigenvalue weighted by atomic mass is 10.0. The lowest BCUT2D eigenvalue weighted by Crippen LogP contribution is -2.16. The van der Waals surface area contributed by atoms with Gasteiger partial charge in [0.25, 0.3) is 0 Å². The Morgan fingerprint density at radius 2 is 2.00 bits per heavy atom. The molecule has 1 heterocycles. The van der Waals surface area contributed by atoms with E-state index in [0.717, 1.165) is 10.0 Å². The molecule has 27 heavy (non-hydrogen) atoms. The Hall–Kier alpha value is -2.31. The van der Waals surface area contributed by atoms with Gasteiger partial charge in [-0.05, 0) is 24.6 Å². The van der Waals surface area contributed by atoms with Crippen LogP contribution in [0.4, 0.5) is 0 Å². The molecule has 1 aromatic heterocycles. The average molecular weight is 452 g/mol. The standard InChI is InChI=1S/C20H16BrClO5/c1-11-13-7-16(22)18(26-10-12-5-3-4-6-15(12)21)9-17(13)27-20(24)14(11)8-19(23)25-2/h3-7,9H,8,10H2,1-2H3. The first-order valence-electron chi connectivity index (χ1n) is 8.09. The summed E-state index contributed by atoms with van der Waals surface area (Å²) in [6.07, 6.45) is -0.154. The summed E-state index contributed by atoms with van der Waals surface area (Å²) in [4.78, 5) is 23.8. The van der Waals surface area contributed by atoms with Gasteiger partial charge in [-0.25, -0.2) is 4.79 Å². The van der Waals surface area contributed by atoms with Crippen LogP contribution in [0.3, 0.4) is 0 Å². The molecule has 0 aliphatic carbocycles. The molecule has 0 atom stereocenters. The number of carbonyl (C=O) groups is 1. The highest BCUT2D eigenvalue weighted by molar-refractivity contribution is 9.10. The zero-order valence-electron chi connectivity index (χ0n) is 14.7. The summed E-state index contributed by atoms with van der Waals surface area (Å²) in [5, 5.41) is 1.03. The van der Waals surface area contributed by atoms with E-state index < -0.39 is 11.6 Å². The van der Waals surface area contributed by atoms with Crippen molar-refractivity contribution < 1.29 is 18.7 Å². The van der Waals surface area contributed by atoms with Crippen LogP contribution in [-0.2, 0) is 22.6 Å². The molecule has 0 bridgehead atoms. The monoisotopic (exact) mass is 450 g/mol. The number of hydrogen-bond acceptors (Lipinski definition) is 5. The fourth-order valence-electron chi connectivity index (χ4n) is 2.69. The van der Waals surface area contributed by atoms with Crippen molar-refractivity contribution in [2.24, 2.45) is 0 Å². The van der Waals surface area contributed by atoms with E-state index in [4.69, 9.17) is 20.8 Å². The lowest BCUT2D eigenvalue weighted by molar-refractivity contribution is -0.139. The number of halogens is 2. The smallest absolute Gasteiger partial charge is 0.340 e. The Bertz CT molecular complexity index is 1070. The van der Waals surface area contributed by atoms with Gasteiger partial charge in [0.15, 0.2) is 0 Å². The molecule has 0 unspecified atom stereocenters. The molecule has 3 aromatic rings. The third kappa shape index (κ3) is 4.17. The van der Waals surface area contributed by atoms with Crippen LogP contribution in [-0.4, -0.2) is 13.1 Å². The van der Waals surface area contributed by atoms with Gasteiger partial charge in [0.05, 0.1) is 24.1 Å². The normalized spacial score (nSPS) is 10.8. The molecule has 3 rings (SSSR count). The largest absolute Gasteiger partial charge is 0.487 e. The van der Waals surface area contributed by atoms with Crippen LogP contribution in [0.5, 0.6) is 5.75 Å². The first-order chi connectivity index (χ1) is 12.9. The third-order valence-corrected chi connectivity index (χ3v) is 5.30. The number of ether oxygens (including phenoxy) is 2. The third-order valence-electron chi connectivity index (χ3n) is 4.23. The Labute approximate surface area is 169 Å². The highest BCUT2D eigenvalue weighted by Crippen LogP contribution is 2.33. The van der Waals surface area contributed by atoms with Crippen LogP contribution in [0, 0.1) is 6.92 Å². The number of rotatable bonds is 5. The van der Waals surface area contributed by atoms with Gasteiger partial charge < -0.3 is 13.9 Å². The molecule has 0 aliphatic rings. The van der Waals surface area contributed by atoms with Crippen molar-refractivity contribution in [3.63, 3.8) is 0 Å². The summed E-state index contributed by atoms with van der Waals surface area (Å²) in [5.41, 5.74) is 1.61. The summed E-state index contributed by atoms with van der Waals surface area (Å²) in [6, 6.07) is 10.9. The van der Waals surface area contributed by atoms with E-state index in [2.05, 4.69) is 20.7 Å². The molecule has 0 radical (unpaired) electrons. The number of aryl methyl sites for hydroxylation is 1. The minimum absolute atomic E-state index is 0.154. The highest BCUT2D eigenvalue weighted by Gasteiger charge is 2.17. The van der Waals surface area contributed by atoms with Crippen LogP contribution in [0.25, 0.3) is 11.0 Å². The molecule has 0 amide bonds. The first-order valence-corrected chi connectivity index (χ1v) is 9.26. The van der Waals surface area contributed by atoms with Crippen molar-refractivity contribution in [2.45, 2.75) is 20.0 Å². The second-order valence-corrected chi connectivity index (χ2v) is 7.17. The van der Waals surface area contributed by atoms with Gasteiger partial charge in [0.1, 0.15) is 17.9 Å². The lowest BCUT2D eigenvalue weighted by Gasteiger charge is -2.12. The first kappa shape index (κ1) is 19.5. The van der Waals surface area contributed by atoms with Crippen molar-refractivity contribution in [3.8, 4) is 5.75 Å². The van der Waals surface area contributed by atoms with Gasteiger partial charge in [0.2, 0.25) is 0 Å². The summed E-state index contributed by atoms with van der Waals surface area (Å²) in [6.45, 7) is 2.05. The maximum absolute atomic E-state index is 12.3. The minimum atomic E-state index is -0.579. The van der Waals surface area contributed by atoms with Gasteiger partial charge >= 0.3 is 11.6 Å². The second-order valence-electron chi connectivity index (χ2n) is 5.90. The predicted octanol–water partition coefficient (Wildman–Crippen LogP) is 4.81. The van der Waals surface area contributed by atoms with E-state index in [-0.39, 0.29) is 12.0 Å². The molecule has 140 valence electrons. The maximum atomic E-state index is 12.3. The quantitative estimate of drug-likeness (QED) is 0.411. The number of esters is 1. The topological polar surface area (TPSA) is 65.7 Å². The Morgan fingerprint density at radius 1 is 1.26 bits per heavy atom. The van der Waals surface area contributed by atoms with E-state index >= 15 is 0 Å². The molecule has 7 heteroatoms. The molecular weight excluding hydrogens is 436 g/mol. The highest BCUT2D eigenvalue weighted by atomic mass is 79.9. The van der Waals surface area contributed by atoms with E-state index in [9.17, 15) is 9.59 Å². The van der Waals surface area contributed by atoms with Crippen molar-refractivity contribution in [3.05, 3.63) is 73.0 Å². The van der Waals surface area contributed by atoms with Gasteiger partial charge in [-0.3, -0.25) is 4.79 Å². The van der Waals surface area contributed by atoms with Crippen LogP contribution in [0.2, 0.25) is 5.02 Å². The Kier molecular flexibility index (Phi) is 5.87. The predicted molar refractivity (Wildman–Crippen MR) is 106 cm³/mol. The van der Waals surface area contributed by atoms with Gasteiger partial charge in [-0.2, -0.15) is 0 Å². The molecule has 0 fully saturated rings. The minimum Gasteiger partial charge on any atom is -0.487 e. The fourth-order valence-corrected chi connectivity index (χ4v) is 3.31. The molecule has 0 N–H and O–H groups in total. The summed E-state index contributed by atoms with van der Waals surface area (Å²) in [5.74, 6) is -0.104. The summed E-state index contributed by atoms with van der Waals surface area (Å²) >= 11 is 9.83. The van der Waals surface area contributed by atoms with Crippen LogP contribution < -0.4 is 10.4 Å². The SMILES string of the molecule is COC(=O)Cc1c(C)c2cc(Cl)c(OCc3ccccc3Br)cc2oc1=O. The van der Waals surface area contributed by atoms with E-state index in [1.54, 1.807) is 19.1 Å². The molecular formula is C20H16BrClO5. The number of carbonyl (C=O) groups excluding carboxylic acids is 1. The van der Waals surface area contributed by atoms with E-state index in [1.807, 2.05) is 24.3 Å². The molecule has 2 aromatic carbocycles. The van der Waals surface area contributed by atoms with E-state index in [1.165, 1.54) is 7.11 Å². The number of methoxy groups -OCH3 is 1. The number of hydrogen-bond donors (Lipinski definition) is 0. The molecule has 5 nitrogen and oxygen atoms in total. The number of fused-ring (bicyclic) bond motifs is 1. The van der Waals surface area contributed by atoms with Gasteiger partial charge in [-0.15, -0.1) is 0 Å². The zero-order chi connectivity index (χ0) is 19.6. The molecule has 0 spiro atoms. The summed E-state index contributed by atoms with van der Waals surface area (Å²) < 4.78 is 16.7.